The molecule has 0 aliphatic rings. The molecular weight excluding hydrogens is 290 g/mol. The van der Waals surface area contributed by atoms with Crippen molar-refractivity contribution >= 4 is 5.97 Å². The van der Waals surface area contributed by atoms with Crippen LogP contribution in [-0.2, 0) is 16.1 Å². The quantitative estimate of drug-likeness (QED) is 0.530. The Balaban J connectivity index is 2.52. The lowest BCUT2D eigenvalue weighted by Crippen LogP contribution is -2.35. The van der Waals surface area contributed by atoms with E-state index in [2.05, 4.69) is 9.88 Å². The normalized spacial score (nSPS) is 11.7. The first-order valence-electron chi connectivity index (χ1n) is 8.45. The molecule has 2 N–H and O–H groups in total. The van der Waals surface area contributed by atoms with Gasteiger partial charge in [0, 0.05) is 12.7 Å². The summed E-state index contributed by atoms with van der Waals surface area (Å²) in [7, 11) is 0. The van der Waals surface area contributed by atoms with Gasteiger partial charge in [-0.05, 0) is 58.8 Å². The zero-order valence-electron chi connectivity index (χ0n) is 14.8. The number of ether oxygens (including phenoxy) is 1. The number of hydrogen-bond acceptors (Lipinski definition) is 5. The summed E-state index contributed by atoms with van der Waals surface area (Å²) in [5.74, 6) is -0.185. The van der Waals surface area contributed by atoms with Crippen LogP contribution in [0.25, 0.3) is 0 Å². The Labute approximate surface area is 140 Å². The lowest BCUT2D eigenvalue weighted by Gasteiger charge is -2.24. The molecule has 5 heteroatoms. The first-order valence-corrected chi connectivity index (χ1v) is 8.45. The highest BCUT2D eigenvalue weighted by Crippen LogP contribution is 2.10. The molecule has 0 saturated carbocycles. The Morgan fingerprint density at radius 1 is 1.22 bits per heavy atom. The minimum absolute atomic E-state index is 0.185. The van der Waals surface area contributed by atoms with Crippen molar-refractivity contribution in [2.24, 2.45) is 5.73 Å². The van der Waals surface area contributed by atoms with Crippen LogP contribution in [0.5, 0.6) is 0 Å². The molecule has 1 rings (SSSR count). The lowest BCUT2D eigenvalue weighted by molar-refractivity contribution is -0.156. The predicted molar refractivity (Wildman–Crippen MR) is 92.9 cm³/mol. The van der Waals surface area contributed by atoms with E-state index < -0.39 is 5.60 Å². The van der Waals surface area contributed by atoms with Crippen molar-refractivity contribution in [2.45, 2.75) is 58.6 Å². The maximum atomic E-state index is 12.1. The van der Waals surface area contributed by atoms with Crippen molar-refractivity contribution in [3.63, 3.8) is 0 Å². The Hall–Kier alpha value is -1.46. The summed E-state index contributed by atoms with van der Waals surface area (Å²) in [6.07, 6.45) is 6.16. The molecule has 0 fully saturated rings. The molecule has 1 aromatic heterocycles. The van der Waals surface area contributed by atoms with Crippen molar-refractivity contribution in [1.29, 1.82) is 0 Å². The van der Waals surface area contributed by atoms with Crippen molar-refractivity contribution in [2.75, 3.05) is 19.6 Å². The van der Waals surface area contributed by atoms with Crippen LogP contribution in [0, 0.1) is 0 Å². The Kier molecular flexibility index (Phi) is 8.81. The van der Waals surface area contributed by atoms with Crippen molar-refractivity contribution in [1.82, 2.24) is 9.88 Å². The van der Waals surface area contributed by atoms with Gasteiger partial charge in [-0.25, -0.2) is 0 Å². The molecule has 0 atom stereocenters. The Bertz CT molecular complexity index is 443. The number of nitrogens with two attached hydrogens (primary N) is 1. The summed E-state index contributed by atoms with van der Waals surface area (Å²) in [4.78, 5) is 18.6. The number of hydrogen-bond donors (Lipinski definition) is 1. The molecule has 1 heterocycles. The molecule has 0 radical (unpaired) electrons. The number of rotatable bonds is 10. The van der Waals surface area contributed by atoms with Gasteiger partial charge in [0.2, 0.25) is 0 Å². The summed E-state index contributed by atoms with van der Waals surface area (Å²) >= 11 is 0. The van der Waals surface area contributed by atoms with E-state index in [9.17, 15) is 4.79 Å². The van der Waals surface area contributed by atoms with Gasteiger partial charge in [-0.2, -0.15) is 0 Å². The van der Waals surface area contributed by atoms with Gasteiger partial charge in [0.15, 0.2) is 0 Å². The highest BCUT2D eigenvalue weighted by molar-refractivity contribution is 5.72. The standard InChI is InChI=1S/C18H31N3O2/c1-18(2,3)23-17(22)15-21(13-9-5-4-7-11-19)14-16-10-6-8-12-20-16/h6,8,10,12H,4-5,7,9,11,13-15,19H2,1-3H3. The Morgan fingerprint density at radius 2 is 1.96 bits per heavy atom. The van der Waals surface area contributed by atoms with Crippen molar-refractivity contribution in [3.8, 4) is 0 Å². The maximum absolute atomic E-state index is 12.1. The monoisotopic (exact) mass is 321 g/mol. The van der Waals surface area contributed by atoms with Crippen LogP contribution < -0.4 is 5.73 Å². The molecule has 130 valence electrons. The van der Waals surface area contributed by atoms with E-state index in [0.29, 0.717) is 13.1 Å². The van der Waals surface area contributed by atoms with Crippen LogP contribution >= 0.6 is 0 Å². The van der Waals surface area contributed by atoms with Gasteiger partial charge < -0.3 is 10.5 Å². The first-order chi connectivity index (χ1) is 10.9. The fourth-order valence-electron chi connectivity index (χ4n) is 2.32. The third-order valence-electron chi connectivity index (χ3n) is 3.31. The topological polar surface area (TPSA) is 68.5 Å². The van der Waals surface area contributed by atoms with Gasteiger partial charge in [-0.15, -0.1) is 0 Å². The van der Waals surface area contributed by atoms with Crippen LogP contribution in [0.1, 0.15) is 52.1 Å². The van der Waals surface area contributed by atoms with Gasteiger partial charge in [-0.3, -0.25) is 14.7 Å². The molecule has 0 saturated heterocycles. The second-order valence-corrected chi connectivity index (χ2v) is 6.82. The van der Waals surface area contributed by atoms with E-state index >= 15 is 0 Å². The van der Waals surface area contributed by atoms with Crippen LogP contribution in [0.4, 0.5) is 0 Å². The van der Waals surface area contributed by atoms with Gasteiger partial charge in [0.25, 0.3) is 0 Å². The fraction of sp³-hybridized carbons (Fsp3) is 0.667. The molecule has 0 bridgehead atoms. The number of pyridine rings is 1. The number of aromatic nitrogens is 1. The SMILES string of the molecule is CC(C)(C)OC(=O)CN(CCCCCCN)Cc1ccccn1. The molecule has 5 nitrogen and oxygen atoms in total. The summed E-state index contributed by atoms with van der Waals surface area (Å²) in [5, 5.41) is 0. The van der Waals surface area contributed by atoms with E-state index in [4.69, 9.17) is 10.5 Å². The maximum Gasteiger partial charge on any atom is 0.320 e. The number of unbranched alkanes of at least 4 members (excludes halogenated alkanes) is 3. The fourth-order valence-corrected chi connectivity index (χ4v) is 2.32. The van der Waals surface area contributed by atoms with E-state index in [-0.39, 0.29) is 5.97 Å². The molecule has 0 unspecified atom stereocenters. The molecule has 23 heavy (non-hydrogen) atoms. The van der Waals surface area contributed by atoms with Crippen molar-refractivity contribution < 1.29 is 9.53 Å². The highest BCUT2D eigenvalue weighted by atomic mass is 16.6. The molecular formula is C18H31N3O2. The lowest BCUT2D eigenvalue weighted by atomic mass is 10.2. The van der Waals surface area contributed by atoms with Crippen LogP contribution in [0.3, 0.4) is 0 Å². The van der Waals surface area contributed by atoms with Crippen molar-refractivity contribution in [3.05, 3.63) is 30.1 Å². The average Bonchev–Trinajstić information content (AvgIpc) is 2.46. The predicted octanol–water partition coefficient (Wildman–Crippen LogP) is 2.74. The van der Waals surface area contributed by atoms with Gasteiger partial charge >= 0.3 is 5.97 Å². The van der Waals surface area contributed by atoms with Gasteiger partial charge in [-0.1, -0.05) is 18.9 Å². The van der Waals surface area contributed by atoms with E-state index in [1.165, 1.54) is 0 Å². The van der Waals surface area contributed by atoms with Gasteiger partial charge in [0.05, 0.1) is 12.2 Å². The molecule has 1 aromatic rings. The van der Waals surface area contributed by atoms with E-state index in [0.717, 1.165) is 44.5 Å². The van der Waals surface area contributed by atoms with Crippen LogP contribution in [0.2, 0.25) is 0 Å². The zero-order valence-corrected chi connectivity index (χ0v) is 14.8. The van der Waals surface area contributed by atoms with E-state index in [1.807, 2.05) is 39.0 Å². The smallest absolute Gasteiger partial charge is 0.320 e. The van der Waals surface area contributed by atoms with E-state index in [1.54, 1.807) is 6.20 Å². The number of carbonyl (C=O) groups excluding carboxylic acids is 1. The summed E-state index contributed by atoms with van der Waals surface area (Å²) < 4.78 is 5.43. The summed E-state index contributed by atoms with van der Waals surface area (Å²) in [5.41, 5.74) is 6.04. The minimum Gasteiger partial charge on any atom is -0.459 e. The number of nitrogens with zero attached hydrogens (tertiary/aromatic N) is 2. The third-order valence-corrected chi connectivity index (χ3v) is 3.31. The average molecular weight is 321 g/mol. The second-order valence-electron chi connectivity index (χ2n) is 6.82. The Morgan fingerprint density at radius 3 is 2.57 bits per heavy atom. The van der Waals surface area contributed by atoms with Crippen LogP contribution in [-0.4, -0.2) is 41.1 Å². The molecule has 0 aromatic carbocycles. The number of carbonyl (C=O) groups is 1. The molecule has 0 aliphatic carbocycles. The summed E-state index contributed by atoms with van der Waals surface area (Å²) in [6.45, 7) is 8.24. The zero-order chi connectivity index (χ0) is 17.1. The first kappa shape index (κ1) is 19.6. The molecule has 0 spiro atoms. The third kappa shape index (κ3) is 10.0. The summed E-state index contributed by atoms with van der Waals surface area (Å²) in [6, 6.07) is 5.85. The second kappa shape index (κ2) is 10.3. The van der Waals surface area contributed by atoms with Crippen LogP contribution in [0.15, 0.2) is 24.4 Å². The largest absolute Gasteiger partial charge is 0.459 e. The van der Waals surface area contributed by atoms with Gasteiger partial charge in [0.1, 0.15) is 5.60 Å². The molecule has 0 aliphatic heterocycles. The highest BCUT2D eigenvalue weighted by Gasteiger charge is 2.19. The minimum atomic E-state index is -0.450. The molecule has 0 amide bonds. The number of esters is 1.